The first kappa shape index (κ1) is 13.8. The van der Waals surface area contributed by atoms with Crippen molar-refractivity contribution in [2.45, 2.75) is 0 Å². The van der Waals surface area contributed by atoms with E-state index in [1.165, 1.54) is 12.1 Å². The molecule has 5 nitrogen and oxygen atoms in total. The third-order valence-electron chi connectivity index (χ3n) is 2.41. The van der Waals surface area contributed by atoms with Gasteiger partial charge in [0.25, 0.3) is 5.91 Å². The molecule has 1 aromatic carbocycles. The van der Waals surface area contributed by atoms with Gasteiger partial charge in [-0.3, -0.25) is 4.79 Å². The first-order valence-electron chi connectivity index (χ1n) is 5.48. The van der Waals surface area contributed by atoms with Crippen LogP contribution in [0.4, 0.5) is 24.7 Å². The molecule has 0 saturated heterocycles. The Morgan fingerprint density at radius 1 is 1.05 bits per heavy atom. The molecule has 2 rings (SSSR count). The molecule has 0 fully saturated rings. The molecule has 8 heteroatoms. The summed E-state index contributed by atoms with van der Waals surface area (Å²) >= 11 is 0. The van der Waals surface area contributed by atoms with Gasteiger partial charge in [0, 0.05) is 19.2 Å². The van der Waals surface area contributed by atoms with Gasteiger partial charge in [-0.05, 0) is 12.1 Å². The van der Waals surface area contributed by atoms with E-state index in [1.54, 1.807) is 7.05 Å². The van der Waals surface area contributed by atoms with Gasteiger partial charge in [-0.15, -0.1) is 10.2 Å². The van der Waals surface area contributed by atoms with E-state index in [4.69, 9.17) is 0 Å². The van der Waals surface area contributed by atoms with Crippen LogP contribution in [0.5, 0.6) is 0 Å². The molecular formula is C12H9F3N4O. The van der Waals surface area contributed by atoms with E-state index in [0.29, 0.717) is 18.0 Å². The van der Waals surface area contributed by atoms with Crippen molar-refractivity contribution in [3.63, 3.8) is 0 Å². The summed E-state index contributed by atoms with van der Waals surface area (Å²) in [6.45, 7) is 0. The molecule has 0 spiro atoms. The Kier molecular flexibility index (Phi) is 3.83. The molecule has 2 aromatic rings. The van der Waals surface area contributed by atoms with Gasteiger partial charge in [0.05, 0.1) is 5.69 Å². The SMILES string of the molecule is CNc1ccc(C(=O)Nc2cc(F)c(F)cc2F)nn1. The second kappa shape index (κ2) is 5.55. The molecule has 1 amide bonds. The summed E-state index contributed by atoms with van der Waals surface area (Å²) < 4.78 is 39.1. The fourth-order valence-electron chi connectivity index (χ4n) is 1.39. The topological polar surface area (TPSA) is 66.9 Å². The van der Waals surface area contributed by atoms with E-state index in [1.807, 2.05) is 0 Å². The van der Waals surface area contributed by atoms with Gasteiger partial charge in [0.1, 0.15) is 11.6 Å². The van der Waals surface area contributed by atoms with E-state index >= 15 is 0 Å². The fourth-order valence-corrected chi connectivity index (χ4v) is 1.39. The van der Waals surface area contributed by atoms with Gasteiger partial charge < -0.3 is 10.6 Å². The van der Waals surface area contributed by atoms with Crippen LogP contribution in [0.15, 0.2) is 24.3 Å². The molecule has 0 aliphatic rings. The molecule has 20 heavy (non-hydrogen) atoms. The molecule has 0 aliphatic heterocycles. The van der Waals surface area contributed by atoms with Gasteiger partial charge in [0.15, 0.2) is 17.3 Å². The van der Waals surface area contributed by atoms with Crippen LogP contribution in [0.25, 0.3) is 0 Å². The number of nitrogens with zero attached hydrogens (tertiary/aromatic N) is 2. The zero-order valence-electron chi connectivity index (χ0n) is 10.2. The maximum absolute atomic E-state index is 13.4. The Morgan fingerprint density at radius 3 is 2.35 bits per heavy atom. The Bertz CT molecular complexity index is 646. The van der Waals surface area contributed by atoms with Gasteiger partial charge in [0.2, 0.25) is 0 Å². The summed E-state index contributed by atoms with van der Waals surface area (Å²) in [6.07, 6.45) is 0. The van der Waals surface area contributed by atoms with E-state index in [-0.39, 0.29) is 5.69 Å². The standard InChI is InChI=1S/C12H9F3N4O/c1-16-11-3-2-9(18-19-11)12(20)17-10-5-7(14)6(13)4-8(10)15/h2-5H,1H3,(H,16,19)(H,17,20). The van der Waals surface area contributed by atoms with Crippen LogP contribution < -0.4 is 10.6 Å². The Morgan fingerprint density at radius 2 is 1.75 bits per heavy atom. The van der Waals surface area contributed by atoms with Gasteiger partial charge in [-0.2, -0.15) is 0 Å². The Labute approximate surface area is 111 Å². The number of amides is 1. The highest BCUT2D eigenvalue weighted by Crippen LogP contribution is 2.19. The molecule has 0 unspecified atom stereocenters. The number of carbonyl (C=O) groups is 1. The second-order valence-electron chi connectivity index (χ2n) is 3.75. The normalized spacial score (nSPS) is 10.2. The highest BCUT2D eigenvalue weighted by atomic mass is 19.2. The smallest absolute Gasteiger partial charge is 0.276 e. The van der Waals surface area contributed by atoms with Crippen LogP contribution in [0.1, 0.15) is 10.5 Å². The molecular weight excluding hydrogens is 273 g/mol. The van der Waals surface area contributed by atoms with E-state index in [0.717, 1.165) is 0 Å². The van der Waals surface area contributed by atoms with Crippen molar-refractivity contribution < 1.29 is 18.0 Å². The minimum Gasteiger partial charge on any atom is -0.372 e. The highest BCUT2D eigenvalue weighted by Gasteiger charge is 2.14. The summed E-state index contributed by atoms with van der Waals surface area (Å²) in [5.41, 5.74) is -0.568. The van der Waals surface area contributed by atoms with Crippen molar-refractivity contribution >= 4 is 17.4 Å². The number of anilines is 2. The van der Waals surface area contributed by atoms with Gasteiger partial charge in [-0.25, -0.2) is 13.2 Å². The molecule has 0 saturated carbocycles. The third-order valence-corrected chi connectivity index (χ3v) is 2.41. The van der Waals surface area contributed by atoms with Crippen molar-refractivity contribution in [1.29, 1.82) is 0 Å². The Balaban J connectivity index is 2.20. The van der Waals surface area contributed by atoms with Crippen LogP contribution in [0, 0.1) is 17.5 Å². The molecule has 0 bridgehead atoms. The Hall–Kier alpha value is -2.64. The summed E-state index contributed by atoms with van der Waals surface area (Å²) in [5, 5.41) is 12.1. The van der Waals surface area contributed by atoms with Crippen LogP contribution in [-0.2, 0) is 0 Å². The van der Waals surface area contributed by atoms with Crippen molar-refractivity contribution in [1.82, 2.24) is 10.2 Å². The van der Waals surface area contributed by atoms with E-state index in [9.17, 15) is 18.0 Å². The van der Waals surface area contributed by atoms with Crippen LogP contribution >= 0.6 is 0 Å². The van der Waals surface area contributed by atoms with E-state index < -0.39 is 29.0 Å². The lowest BCUT2D eigenvalue weighted by Gasteiger charge is -2.06. The zero-order chi connectivity index (χ0) is 14.7. The summed E-state index contributed by atoms with van der Waals surface area (Å²) in [4.78, 5) is 11.7. The monoisotopic (exact) mass is 282 g/mol. The summed E-state index contributed by atoms with van der Waals surface area (Å²) in [6, 6.07) is 3.74. The largest absolute Gasteiger partial charge is 0.372 e. The van der Waals surface area contributed by atoms with Crippen molar-refractivity contribution in [2.75, 3.05) is 17.7 Å². The molecule has 1 heterocycles. The number of hydrogen-bond acceptors (Lipinski definition) is 4. The van der Waals surface area contributed by atoms with Crippen molar-refractivity contribution in [3.8, 4) is 0 Å². The summed E-state index contributed by atoms with van der Waals surface area (Å²) in [5.74, 6) is -4.03. The van der Waals surface area contributed by atoms with Crippen LogP contribution in [-0.4, -0.2) is 23.2 Å². The summed E-state index contributed by atoms with van der Waals surface area (Å²) in [7, 11) is 1.63. The maximum atomic E-state index is 13.4. The number of rotatable bonds is 3. The molecule has 0 atom stereocenters. The first-order valence-corrected chi connectivity index (χ1v) is 5.48. The maximum Gasteiger partial charge on any atom is 0.276 e. The average Bonchev–Trinajstić information content (AvgIpc) is 2.44. The molecule has 0 aliphatic carbocycles. The van der Waals surface area contributed by atoms with Crippen molar-refractivity contribution in [3.05, 3.63) is 47.4 Å². The van der Waals surface area contributed by atoms with Crippen molar-refractivity contribution in [2.24, 2.45) is 0 Å². The first-order chi connectivity index (χ1) is 9.51. The lowest BCUT2D eigenvalue weighted by Crippen LogP contribution is -2.16. The number of nitrogens with one attached hydrogen (secondary N) is 2. The number of benzene rings is 1. The molecule has 104 valence electrons. The molecule has 1 aromatic heterocycles. The van der Waals surface area contributed by atoms with Gasteiger partial charge >= 0.3 is 0 Å². The number of aromatic nitrogens is 2. The third kappa shape index (κ3) is 2.85. The van der Waals surface area contributed by atoms with E-state index in [2.05, 4.69) is 20.8 Å². The number of carbonyl (C=O) groups excluding carboxylic acids is 1. The van der Waals surface area contributed by atoms with Crippen LogP contribution in [0.2, 0.25) is 0 Å². The van der Waals surface area contributed by atoms with Crippen LogP contribution in [0.3, 0.4) is 0 Å². The number of halogens is 3. The molecule has 0 radical (unpaired) electrons. The predicted octanol–water partition coefficient (Wildman–Crippen LogP) is 2.19. The predicted molar refractivity (Wildman–Crippen MR) is 65.8 cm³/mol. The average molecular weight is 282 g/mol. The van der Waals surface area contributed by atoms with Gasteiger partial charge in [-0.1, -0.05) is 0 Å². The minimum absolute atomic E-state index is 0.0897. The zero-order valence-corrected chi connectivity index (χ0v) is 10.2. The molecule has 2 N–H and O–H groups in total. The minimum atomic E-state index is -1.33. The second-order valence-corrected chi connectivity index (χ2v) is 3.75. The quantitative estimate of drug-likeness (QED) is 0.847. The fraction of sp³-hybridized carbons (Fsp3) is 0.0833. The number of hydrogen-bond donors (Lipinski definition) is 2. The highest BCUT2D eigenvalue weighted by molar-refractivity contribution is 6.02. The lowest BCUT2D eigenvalue weighted by atomic mass is 10.2. The lowest BCUT2D eigenvalue weighted by molar-refractivity contribution is 0.102.